The molecule has 0 aliphatic rings. The number of aromatic nitrogens is 1. The molecule has 4 heteroatoms. The van der Waals surface area contributed by atoms with Crippen molar-refractivity contribution in [2.24, 2.45) is 0 Å². The van der Waals surface area contributed by atoms with Crippen molar-refractivity contribution in [3.05, 3.63) is 46.9 Å². The lowest BCUT2D eigenvalue weighted by molar-refractivity contribution is 0.356. The zero-order chi connectivity index (χ0) is 12.3. The smallest absolute Gasteiger partial charge is 0.255 e. The van der Waals surface area contributed by atoms with Crippen LogP contribution in [0.15, 0.2) is 41.3 Å². The van der Waals surface area contributed by atoms with E-state index in [1.54, 1.807) is 38.6 Å². The minimum Gasteiger partial charge on any atom is -0.493 e. The summed E-state index contributed by atoms with van der Waals surface area (Å²) in [5.41, 5.74) is 1.12. The number of benzene rings is 1. The molecule has 0 spiro atoms. The Morgan fingerprint density at radius 1 is 1.00 bits per heavy atom. The molecule has 0 fully saturated rings. The average molecular weight is 231 g/mol. The monoisotopic (exact) mass is 231 g/mol. The largest absolute Gasteiger partial charge is 0.493 e. The third-order valence-corrected chi connectivity index (χ3v) is 2.51. The Balaban J connectivity index is 2.68. The maximum Gasteiger partial charge on any atom is 0.255 e. The van der Waals surface area contributed by atoms with E-state index in [-0.39, 0.29) is 5.56 Å². The van der Waals surface area contributed by atoms with Gasteiger partial charge in [0.15, 0.2) is 11.5 Å². The molecule has 88 valence electrons. The predicted molar refractivity (Wildman–Crippen MR) is 65.6 cm³/mol. The van der Waals surface area contributed by atoms with Crippen LogP contribution in [-0.2, 0) is 0 Å². The zero-order valence-corrected chi connectivity index (χ0v) is 9.69. The summed E-state index contributed by atoms with van der Waals surface area (Å²) in [6, 6.07) is 8.96. The van der Waals surface area contributed by atoms with Crippen LogP contribution in [0, 0.1) is 0 Å². The summed E-state index contributed by atoms with van der Waals surface area (Å²) in [6.07, 6.45) is 1.60. The van der Waals surface area contributed by atoms with Gasteiger partial charge in [-0.05, 0) is 18.2 Å². The number of rotatable bonds is 3. The predicted octanol–water partition coefficient (Wildman–Crippen LogP) is 2.06. The fraction of sp³-hybridized carbons (Fsp3) is 0.154. The fourth-order valence-corrected chi connectivity index (χ4v) is 1.73. The van der Waals surface area contributed by atoms with E-state index >= 15 is 0 Å². The molecule has 1 heterocycles. The number of para-hydroxylation sites is 1. The minimum absolute atomic E-state index is 0.154. The Hall–Kier alpha value is -2.23. The van der Waals surface area contributed by atoms with Crippen molar-refractivity contribution in [3.8, 4) is 22.6 Å². The Labute approximate surface area is 98.8 Å². The van der Waals surface area contributed by atoms with Crippen LogP contribution in [0.4, 0.5) is 0 Å². The third kappa shape index (κ3) is 2.01. The molecule has 0 aliphatic heterocycles. The van der Waals surface area contributed by atoms with E-state index in [9.17, 15) is 4.79 Å². The number of H-pyrrole nitrogens is 1. The van der Waals surface area contributed by atoms with E-state index in [1.807, 2.05) is 12.1 Å². The van der Waals surface area contributed by atoms with Crippen molar-refractivity contribution in [1.29, 1.82) is 0 Å². The van der Waals surface area contributed by atoms with E-state index in [4.69, 9.17) is 9.47 Å². The van der Waals surface area contributed by atoms with Crippen LogP contribution in [0.1, 0.15) is 0 Å². The van der Waals surface area contributed by atoms with Gasteiger partial charge in [-0.25, -0.2) is 0 Å². The molecule has 0 saturated heterocycles. The number of hydrogen-bond donors (Lipinski definition) is 1. The van der Waals surface area contributed by atoms with Gasteiger partial charge in [0.25, 0.3) is 5.56 Å². The zero-order valence-electron chi connectivity index (χ0n) is 9.69. The second-order valence-corrected chi connectivity index (χ2v) is 3.45. The first-order valence-corrected chi connectivity index (χ1v) is 5.17. The lowest BCUT2D eigenvalue weighted by Crippen LogP contribution is -2.08. The first-order valence-electron chi connectivity index (χ1n) is 5.17. The fourth-order valence-electron chi connectivity index (χ4n) is 1.73. The lowest BCUT2D eigenvalue weighted by atomic mass is 10.1. The SMILES string of the molecule is COc1cccc(-c2ccc[nH]c2=O)c1OC. The van der Waals surface area contributed by atoms with Crippen molar-refractivity contribution in [2.45, 2.75) is 0 Å². The second-order valence-electron chi connectivity index (χ2n) is 3.45. The molecule has 0 radical (unpaired) electrons. The summed E-state index contributed by atoms with van der Waals surface area (Å²) in [6.45, 7) is 0. The average Bonchev–Trinajstić information content (AvgIpc) is 2.38. The van der Waals surface area contributed by atoms with Crippen LogP contribution in [0.2, 0.25) is 0 Å². The number of pyridine rings is 1. The molecule has 2 rings (SSSR count). The first kappa shape index (κ1) is 11.3. The summed E-state index contributed by atoms with van der Waals surface area (Å²) in [5, 5.41) is 0. The quantitative estimate of drug-likeness (QED) is 0.879. The standard InChI is InChI=1S/C13H13NO3/c1-16-11-7-3-5-9(12(11)17-2)10-6-4-8-14-13(10)15/h3-8H,1-2H3,(H,14,15). The maximum absolute atomic E-state index is 11.7. The van der Waals surface area contributed by atoms with Crippen LogP contribution >= 0.6 is 0 Å². The molecule has 1 aromatic heterocycles. The molecular weight excluding hydrogens is 218 g/mol. The highest BCUT2D eigenvalue weighted by atomic mass is 16.5. The van der Waals surface area contributed by atoms with Gasteiger partial charge in [0.1, 0.15) is 0 Å². The van der Waals surface area contributed by atoms with Crippen molar-refractivity contribution in [2.75, 3.05) is 14.2 Å². The van der Waals surface area contributed by atoms with E-state index < -0.39 is 0 Å². The van der Waals surface area contributed by atoms with Gasteiger partial charge in [-0.1, -0.05) is 12.1 Å². The normalized spacial score (nSPS) is 10.0. The molecule has 0 saturated carbocycles. The van der Waals surface area contributed by atoms with Gasteiger partial charge in [-0.3, -0.25) is 4.79 Å². The van der Waals surface area contributed by atoms with Gasteiger partial charge in [0, 0.05) is 11.8 Å². The van der Waals surface area contributed by atoms with E-state index in [0.29, 0.717) is 22.6 Å². The number of nitrogens with one attached hydrogen (secondary N) is 1. The van der Waals surface area contributed by atoms with Crippen molar-refractivity contribution < 1.29 is 9.47 Å². The molecule has 1 aromatic carbocycles. The number of aromatic amines is 1. The molecule has 1 N–H and O–H groups in total. The topological polar surface area (TPSA) is 51.3 Å². The molecule has 2 aromatic rings. The van der Waals surface area contributed by atoms with Crippen LogP contribution in [0.3, 0.4) is 0 Å². The Kier molecular flexibility index (Phi) is 3.14. The summed E-state index contributed by atoms with van der Waals surface area (Å²) in [4.78, 5) is 14.4. The third-order valence-electron chi connectivity index (χ3n) is 2.51. The van der Waals surface area contributed by atoms with Crippen molar-refractivity contribution >= 4 is 0 Å². The van der Waals surface area contributed by atoms with Crippen LogP contribution in [0.25, 0.3) is 11.1 Å². The van der Waals surface area contributed by atoms with E-state index in [1.165, 1.54) is 0 Å². The molecule has 0 atom stereocenters. The lowest BCUT2D eigenvalue weighted by Gasteiger charge is -2.11. The highest BCUT2D eigenvalue weighted by Gasteiger charge is 2.13. The first-order chi connectivity index (χ1) is 8.27. The van der Waals surface area contributed by atoms with Gasteiger partial charge in [-0.15, -0.1) is 0 Å². The summed E-state index contributed by atoms with van der Waals surface area (Å²) in [7, 11) is 3.12. The van der Waals surface area contributed by atoms with Gasteiger partial charge >= 0.3 is 0 Å². The second kappa shape index (κ2) is 4.74. The number of methoxy groups -OCH3 is 2. The van der Waals surface area contributed by atoms with Gasteiger partial charge in [0.05, 0.1) is 19.8 Å². The number of ether oxygens (including phenoxy) is 2. The van der Waals surface area contributed by atoms with Gasteiger partial charge in [-0.2, -0.15) is 0 Å². The summed E-state index contributed by atoms with van der Waals surface area (Å²) < 4.78 is 10.5. The van der Waals surface area contributed by atoms with Gasteiger partial charge in [0.2, 0.25) is 0 Å². The molecule has 0 amide bonds. The van der Waals surface area contributed by atoms with E-state index in [0.717, 1.165) is 0 Å². The molecule has 0 bridgehead atoms. The Morgan fingerprint density at radius 2 is 1.76 bits per heavy atom. The maximum atomic E-state index is 11.7. The molecular formula is C13H13NO3. The van der Waals surface area contributed by atoms with Crippen molar-refractivity contribution in [3.63, 3.8) is 0 Å². The Morgan fingerprint density at radius 3 is 2.41 bits per heavy atom. The van der Waals surface area contributed by atoms with Crippen LogP contribution in [-0.4, -0.2) is 19.2 Å². The highest BCUT2D eigenvalue weighted by molar-refractivity contribution is 5.73. The Bertz CT molecular complexity index is 575. The molecule has 0 unspecified atom stereocenters. The molecule has 4 nitrogen and oxygen atoms in total. The minimum atomic E-state index is -0.154. The highest BCUT2D eigenvalue weighted by Crippen LogP contribution is 2.36. The van der Waals surface area contributed by atoms with Crippen molar-refractivity contribution in [1.82, 2.24) is 4.98 Å². The van der Waals surface area contributed by atoms with Gasteiger partial charge < -0.3 is 14.5 Å². The summed E-state index contributed by atoms with van der Waals surface area (Å²) >= 11 is 0. The number of hydrogen-bond acceptors (Lipinski definition) is 3. The van der Waals surface area contributed by atoms with Crippen LogP contribution in [0.5, 0.6) is 11.5 Å². The van der Waals surface area contributed by atoms with Crippen LogP contribution < -0.4 is 15.0 Å². The summed E-state index contributed by atoms with van der Waals surface area (Å²) in [5.74, 6) is 1.17. The van der Waals surface area contributed by atoms with E-state index in [2.05, 4.69) is 4.98 Å². The molecule has 0 aliphatic carbocycles. The molecule has 17 heavy (non-hydrogen) atoms.